The molecule has 1 aromatic carbocycles. The highest BCUT2D eigenvalue weighted by atomic mass is 16.2. The van der Waals surface area contributed by atoms with E-state index in [0.29, 0.717) is 0 Å². The fourth-order valence-corrected chi connectivity index (χ4v) is 2.37. The topological polar surface area (TPSA) is 58.2 Å². The van der Waals surface area contributed by atoms with E-state index in [1.165, 1.54) is 18.1 Å². The Balaban J connectivity index is 1.99. The van der Waals surface area contributed by atoms with Crippen LogP contribution in [0.25, 0.3) is 0 Å². The highest BCUT2D eigenvalue weighted by Gasteiger charge is 2.25. The summed E-state index contributed by atoms with van der Waals surface area (Å²) in [6.07, 6.45) is 1.92. The summed E-state index contributed by atoms with van der Waals surface area (Å²) >= 11 is 0. The van der Waals surface area contributed by atoms with Crippen molar-refractivity contribution in [3.8, 4) is 0 Å². The summed E-state index contributed by atoms with van der Waals surface area (Å²) in [5.74, 6) is -0.323. The molecule has 1 aliphatic rings. The molecule has 1 aromatic rings. The summed E-state index contributed by atoms with van der Waals surface area (Å²) in [4.78, 5) is 22.8. The van der Waals surface area contributed by atoms with Gasteiger partial charge in [0.05, 0.1) is 6.04 Å². The first kappa shape index (κ1) is 12.6. The van der Waals surface area contributed by atoms with Gasteiger partial charge in [-0.3, -0.25) is 9.59 Å². The molecular weight excluding hydrogens is 228 g/mol. The number of carbonyl (C=O) groups is 2. The molecule has 2 N–H and O–H groups in total. The smallest absolute Gasteiger partial charge is 0.242 e. The van der Waals surface area contributed by atoms with Crippen LogP contribution in [-0.2, 0) is 16.0 Å². The Labute approximate surface area is 107 Å². The maximum atomic E-state index is 11.9. The van der Waals surface area contributed by atoms with Crippen LogP contribution in [0, 0.1) is 0 Å². The molecule has 0 heterocycles. The van der Waals surface area contributed by atoms with Crippen LogP contribution in [0.4, 0.5) is 0 Å². The van der Waals surface area contributed by atoms with Crippen LogP contribution in [0.15, 0.2) is 24.3 Å². The molecule has 2 amide bonds. The molecule has 0 aromatic heterocycles. The molecule has 0 radical (unpaired) electrons. The summed E-state index contributed by atoms with van der Waals surface area (Å²) < 4.78 is 0. The van der Waals surface area contributed by atoms with Gasteiger partial charge in [-0.1, -0.05) is 24.3 Å². The third-order valence-electron chi connectivity index (χ3n) is 3.26. The first-order chi connectivity index (χ1) is 8.58. The van der Waals surface area contributed by atoms with E-state index < -0.39 is 6.04 Å². The fraction of sp³-hybridized carbons (Fsp3) is 0.429. The third kappa shape index (κ3) is 2.70. The van der Waals surface area contributed by atoms with E-state index >= 15 is 0 Å². The van der Waals surface area contributed by atoms with Gasteiger partial charge in [-0.25, -0.2) is 0 Å². The minimum Gasteiger partial charge on any atom is -0.348 e. The van der Waals surface area contributed by atoms with Gasteiger partial charge >= 0.3 is 0 Å². The normalized spacial score (nSPS) is 18.9. The van der Waals surface area contributed by atoms with E-state index in [2.05, 4.69) is 22.8 Å². The van der Waals surface area contributed by atoms with Gasteiger partial charge in [0.2, 0.25) is 11.8 Å². The van der Waals surface area contributed by atoms with E-state index in [1.54, 1.807) is 6.92 Å². The van der Waals surface area contributed by atoms with Gasteiger partial charge < -0.3 is 10.6 Å². The highest BCUT2D eigenvalue weighted by Crippen LogP contribution is 2.30. The third-order valence-corrected chi connectivity index (χ3v) is 3.26. The van der Waals surface area contributed by atoms with E-state index in [1.807, 2.05) is 12.1 Å². The SMILES string of the molecule is CC(=O)N[C@@H](C)C(=O)NC1CCc2ccccc21. The summed E-state index contributed by atoms with van der Waals surface area (Å²) in [7, 11) is 0. The van der Waals surface area contributed by atoms with Crippen LogP contribution in [0.5, 0.6) is 0 Å². The molecule has 0 fully saturated rings. The molecule has 0 bridgehead atoms. The Hall–Kier alpha value is -1.84. The zero-order valence-electron chi connectivity index (χ0n) is 10.7. The number of fused-ring (bicyclic) bond motifs is 1. The molecule has 1 aliphatic carbocycles. The summed E-state index contributed by atoms with van der Waals surface area (Å²) in [6.45, 7) is 3.10. The molecule has 96 valence electrons. The fourth-order valence-electron chi connectivity index (χ4n) is 2.37. The van der Waals surface area contributed by atoms with Gasteiger partial charge in [0.1, 0.15) is 6.04 Å². The van der Waals surface area contributed by atoms with Gasteiger partial charge in [0.25, 0.3) is 0 Å². The van der Waals surface area contributed by atoms with Crippen LogP contribution in [0.3, 0.4) is 0 Å². The van der Waals surface area contributed by atoms with Crippen molar-refractivity contribution >= 4 is 11.8 Å². The van der Waals surface area contributed by atoms with Crippen molar-refractivity contribution in [1.82, 2.24) is 10.6 Å². The monoisotopic (exact) mass is 246 g/mol. The highest BCUT2D eigenvalue weighted by molar-refractivity contribution is 5.86. The van der Waals surface area contributed by atoms with Crippen LogP contribution >= 0.6 is 0 Å². The van der Waals surface area contributed by atoms with Crippen LogP contribution in [-0.4, -0.2) is 17.9 Å². The Bertz CT molecular complexity index is 471. The number of aryl methyl sites for hydroxylation is 1. The number of benzene rings is 1. The van der Waals surface area contributed by atoms with Crippen molar-refractivity contribution in [1.29, 1.82) is 0 Å². The first-order valence-electron chi connectivity index (χ1n) is 6.23. The predicted octanol–water partition coefficient (Wildman–Crippen LogP) is 1.31. The van der Waals surface area contributed by atoms with Crippen molar-refractivity contribution in [2.24, 2.45) is 0 Å². The van der Waals surface area contributed by atoms with Gasteiger partial charge in [-0.05, 0) is 30.9 Å². The van der Waals surface area contributed by atoms with Gasteiger partial charge in [0.15, 0.2) is 0 Å². The molecule has 2 rings (SSSR count). The summed E-state index contributed by atoms with van der Waals surface area (Å²) in [6, 6.07) is 7.73. The number of hydrogen-bond acceptors (Lipinski definition) is 2. The minimum absolute atomic E-state index is 0.0740. The predicted molar refractivity (Wildman–Crippen MR) is 68.9 cm³/mol. The minimum atomic E-state index is -0.490. The zero-order valence-corrected chi connectivity index (χ0v) is 10.7. The van der Waals surface area contributed by atoms with E-state index in [0.717, 1.165) is 12.8 Å². The molecule has 4 heteroatoms. The molecule has 0 saturated heterocycles. The lowest BCUT2D eigenvalue weighted by Crippen LogP contribution is -2.44. The average Bonchev–Trinajstić information content (AvgIpc) is 2.72. The number of nitrogens with one attached hydrogen (secondary N) is 2. The summed E-state index contributed by atoms with van der Waals surface area (Å²) in [5, 5.41) is 5.58. The van der Waals surface area contributed by atoms with E-state index in [9.17, 15) is 9.59 Å². The van der Waals surface area contributed by atoms with Crippen molar-refractivity contribution in [3.63, 3.8) is 0 Å². The lowest BCUT2D eigenvalue weighted by atomic mass is 10.1. The number of hydrogen-bond donors (Lipinski definition) is 2. The quantitative estimate of drug-likeness (QED) is 0.845. The molecule has 0 spiro atoms. The molecule has 2 atom stereocenters. The largest absolute Gasteiger partial charge is 0.348 e. The van der Waals surface area contributed by atoms with Gasteiger partial charge in [-0.2, -0.15) is 0 Å². The average molecular weight is 246 g/mol. The Morgan fingerprint density at radius 1 is 1.33 bits per heavy atom. The molecule has 4 nitrogen and oxygen atoms in total. The van der Waals surface area contributed by atoms with Crippen molar-refractivity contribution in [2.75, 3.05) is 0 Å². The Kier molecular flexibility index (Phi) is 3.65. The van der Waals surface area contributed by atoms with Crippen LogP contribution in [0.2, 0.25) is 0 Å². The Morgan fingerprint density at radius 3 is 2.78 bits per heavy atom. The molecule has 18 heavy (non-hydrogen) atoms. The van der Waals surface area contributed by atoms with Crippen molar-refractivity contribution in [3.05, 3.63) is 35.4 Å². The maximum Gasteiger partial charge on any atom is 0.242 e. The second-order valence-electron chi connectivity index (χ2n) is 4.72. The second kappa shape index (κ2) is 5.21. The van der Waals surface area contributed by atoms with Crippen molar-refractivity contribution < 1.29 is 9.59 Å². The molecule has 1 unspecified atom stereocenters. The first-order valence-corrected chi connectivity index (χ1v) is 6.23. The number of carbonyl (C=O) groups excluding carboxylic acids is 2. The Morgan fingerprint density at radius 2 is 2.06 bits per heavy atom. The molecule has 0 saturated carbocycles. The van der Waals surface area contributed by atoms with Crippen molar-refractivity contribution in [2.45, 2.75) is 38.8 Å². The number of amides is 2. The lowest BCUT2D eigenvalue weighted by Gasteiger charge is -2.18. The lowest BCUT2D eigenvalue weighted by molar-refractivity contribution is -0.128. The van der Waals surface area contributed by atoms with E-state index in [-0.39, 0.29) is 17.9 Å². The number of rotatable bonds is 3. The standard InChI is InChI=1S/C14H18N2O2/c1-9(15-10(2)17)14(18)16-13-8-7-11-5-3-4-6-12(11)13/h3-6,9,13H,7-8H2,1-2H3,(H,15,17)(H,16,18)/t9-,13?/m0/s1. The van der Waals surface area contributed by atoms with E-state index in [4.69, 9.17) is 0 Å². The molecular formula is C14H18N2O2. The second-order valence-corrected chi connectivity index (χ2v) is 4.72. The molecule has 0 aliphatic heterocycles. The summed E-state index contributed by atoms with van der Waals surface area (Å²) in [5.41, 5.74) is 2.50. The van der Waals surface area contributed by atoms with Gasteiger partial charge in [-0.15, -0.1) is 0 Å². The van der Waals surface area contributed by atoms with Crippen LogP contribution in [0.1, 0.15) is 37.4 Å². The zero-order chi connectivity index (χ0) is 13.1. The van der Waals surface area contributed by atoms with Crippen LogP contribution < -0.4 is 10.6 Å². The maximum absolute atomic E-state index is 11.9. The van der Waals surface area contributed by atoms with Gasteiger partial charge in [0, 0.05) is 6.92 Å².